The van der Waals surface area contributed by atoms with Gasteiger partial charge in [-0.1, -0.05) is 6.92 Å². The normalized spacial score (nSPS) is 33.2. The minimum Gasteiger partial charge on any atom is -0.449 e. The zero-order valence-electron chi connectivity index (χ0n) is 13.2. The Morgan fingerprint density at radius 2 is 1.67 bits per heavy atom. The number of esters is 1. The molecule has 1 N–H and O–H groups in total. The van der Waals surface area contributed by atoms with Crippen LogP contribution >= 0.6 is 0 Å². The molecule has 0 aliphatic carbocycles. The molecule has 24 heavy (non-hydrogen) atoms. The van der Waals surface area contributed by atoms with Crippen molar-refractivity contribution in [2.75, 3.05) is 0 Å². The molecule has 1 heterocycles. The summed E-state index contributed by atoms with van der Waals surface area (Å²) in [6.45, 7) is 4.16. The molecule has 142 valence electrons. The molecule has 0 bridgehead atoms. The maximum Gasteiger partial charge on any atom is 0.449 e. The summed E-state index contributed by atoms with van der Waals surface area (Å²) >= 11 is 0. The van der Waals surface area contributed by atoms with Gasteiger partial charge in [-0.15, -0.1) is 0 Å². The van der Waals surface area contributed by atoms with Crippen LogP contribution in [0.1, 0.15) is 34.1 Å². The molecule has 3 atom stereocenters. The summed E-state index contributed by atoms with van der Waals surface area (Å²) < 4.78 is 102. The van der Waals surface area contributed by atoms with E-state index in [-0.39, 0.29) is 6.42 Å². The van der Waals surface area contributed by atoms with E-state index in [1.807, 2.05) is 0 Å². The maximum atomic E-state index is 14.1. The fourth-order valence-electron chi connectivity index (χ4n) is 1.86. The molecule has 0 spiro atoms. The fourth-order valence-corrected chi connectivity index (χ4v) is 1.86. The first-order chi connectivity index (χ1) is 10.4. The van der Waals surface area contributed by atoms with Crippen LogP contribution in [0, 0.1) is 5.41 Å². The molecule has 0 aromatic rings. The van der Waals surface area contributed by atoms with Gasteiger partial charge < -0.3 is 14.6 Å². The van der Waals surface area contributed by atoms with Gasteiger partial charge in [0.15, 0.2) is 0 Å². The largest absolute Gasteiger partial charge is 0.449 e. The van der Waals surface area contributed by atoms with Crippen molar-refractivity contribution in [3.8, 4) is 0 Å². The van der Waals surface area contributed by atoms with Crippen LogP contribution in [0.2, 0.25) is 0 Å². The second-order valence-corrected chi connectivity index (χ2v) is 6.22. The molecule has 1 aliphatic heterocycles. The number of carbonyl (C=O) groups is 1. The van der Waals surface area contributed by atoms with E-state index in [0.29, 0.717) is 6.92 Å². The topological polar surface area (TPSA) is 55.8 Å². The Morgan fingerprint density at radius 1 is 1.21 bits per heavy atom. The molecule has 1 fully saturated rings. The highest BCUT2D eigenvalue weighted by molar-refractivity contribution is 5.76. The number of rotatable bonds is 3. The zero-order chi connectivity index (χ0) is 19.4. The van der Waals surface area contributed by atoms with E-state index >= 15 is 0 Å². The summed E-state index contributed by atoms with van der Waals surface area (Å²) in [4.78, 5) is 11.8. The average Bonchev–Trinajstić information content (AvgIpc) is 2.40. The second kappa shape index (κ2) is 5.72. The van der Waals surface area contributed by atoms with Gasteiger partial charge in [-0.05, 0) is 27.2 Å². The Hall–Kier alpha value is -1.10. The van der Waals surface area contributed by atoms with Crippen molar-refractivity contribution in [1.82, 2.24) is 0 Å². The number of alkyl halides is 7. The van der Waals surface area contributed by atoms with Crippen LogP contribution in [0.3, 0.4) is 0 Å². The number of ether oxygens (including phenoxy) is 2. The van der Waals surface area contributed by atoms with Crippen molar-refractivity contribution in [1.29, 1.82) is 0 Å². The lowest BCUT2D eigenvalue weighted by Crippen LogP contribution is -2.76. The van der Waals surface area contributed by atoms with E-state index in [4.69, 9.17) is 0 Å². The second-order valence-electron chi connectivity index (χ2n) is 6.22. The number of halogens is 7. The molecule has 0 saturated carbocycles. The van der Waals surface area contributed by atoms with Crippen molar-refractivity contribution >= 4 is 5.97 Å². The molecule has 0 amide bonds. The molecule has 3 unspecified atom stereocenters. The highest BCUT2D eigenvalue weighted by Gasteiger charge is 2.83. The van der Waals surface area contributed by atoms with Gasteiger partial charge in [0, 0.05) is 0 Å². The third-order valence-electron chi connectivity index (χ3n) is 4.07. The number of hydrogen-bond donors (Lipinski definition) is 1. The summed E-state index contributed by atoms with van der Waals surface area (Å²) in [6, 6.07) is 0. The minimum absolute atomic E-state index is 0.00864. The van der Waals surface area contributed by atoms with Gasteiger partial charge in [0.2, 0.25) is 6.10 Å². The molecule has 0 aromatic carbocycles. The summed E-state index contributed by atoms with van der Waals surface area (Å²) in [5.74, 6) is -17.1. The molecule has 4 nitrogen and oxygen atoms in total. The molecule has 1 aliphatic rings. The summed E-state index contributed by atoms with van der Waals surface area (Å²) in [6.07, 6.45) is -12.7. The van der Waals surface area contributed by atoms with E-state index in [2.05, 4.69) is 9.47 Å². The van der Waals surface area contributed by atoms with Gasteiger partial charge in [-0.2, -0.15) is 30.7 Å². The maximum absolute atomic E-state index is 14.1. The quantitative estimate of drug-likeness (QED) is 0.612. The number of hydrogen-bond acceptors (Lipinski definition) is 4. The van der Waals surface area contributed by atoms with Crippen molar-refractivity contribution in [3.63, 3.8) is 0 Å². The monoisotopic (exact) mass is 370 g/mol. The highest BCUT2D eigenvalue weighted by atomic mass is 19.4. The summed E-state index contributed by atoms with van der Waals surface area (Å²) in [5.41, 5.74) is -1.50. The van der Waals surface area contributed by atoms with E-state index < -0.39 is 47.4 Å². The van der Waals surface area contributed by atoms with E-state index in [9.17, 15) is 40.6 Å². The smallest absolute Gasteiger partial charge is 0.449 e. The Labute approximate surface area is 132 Å². The highest BCUT2D eigenvalue weighted by Crippen LogP contribution is 2.54. The van der Waals surface area contributed by atoms with Crippen molar-refractivity contribution < 1.29 is 50.1 Å². The molecule has 0 aromatic heterocycles. The van der Waals surface area contributed by atoms with E-state index in [1.165, 1.54) is 20.8 Å². The molecular formula is C13H17F7O4. The SMILES string of the molecule is CCC(C)(C)C(=O)OC1C(F)(F)C(C)OC(O)(C(F)(F)F)C1(F)F. The fraction of sp³-hybridized carbons (Fsp3) is 0.923. The standard InChI is InChI=1S/C13H17F7O4/c1-5-9(3,4)8(21)23-7-10(14,15)6(2)24-12(22,11(7,16)17)13(18,19)20/h6-7,22H,5H2,1-4H3. The Balaban J connectivity index is 3.39. The number of aliphatic hydroxyl groups is 1. The summed E-state index contributed by atoms with van der Waals surface area (Å²) in [5, 5.41) is 9.26. The lowest BCUT2D eigenvalue weighted by Gasteiger charge is -2.49. The van der Waals surface area contributed by atoms with E-state index in [1.54, 1.807) is 0 Å². The lowest BCUT2D eigenvalue weighted by atomic mass is 9.88. The molecule has 1 rings (SSSR count). The predicted octanol–water partition coefficient (Wildman–Crippen LogP) is 3.27. The Bertz CT molecular complexity index is 503. The molecule has 1 saturated heterocycles. The van der Waals surface area contributed by atoms with E-state index in [0.717, 1.165) is 0 Å². The first kappa shape index (κ1) is 20.9. The third-order valence-corrected chi connectivity index (χ3v) is 4.07. The average molecular weight is 370 g/mol. The van der Waals surface area contributed by atoms with Crippen LogP contribution in [-0.2, 0) is 14.3 Å². The zero-order valence-corrected chi connectivity index (χ0v) is 13.2. The van der Waals surface area contributed by atoms with Crippen LogP contribution in [0.15, 0.2) is 0 Å². The first-order valence-electron chi connectivity index (χ1n) is 6.88. The Kier molecular flexibility index (Phi) is 4.99. The lowest BCUT2D eigenvalue weighted by molar-refractivity contribution is -0.493. The molecular weight excluding hydrogens is 353 g/mol. The van der Waals surface area contributed by atoms with Crippen LogP contribution in [0.4, 0.5) is 30.7 Å². The van der Waals surface area contributed by atoms with Crippen molar-refractivity contribution in [2.24, 2.45) is 5.41 Å². The third kappa shape index (κ3) is 2.96. The predicted molar refractivity (Wildman–Crippen MR) is 65.4 cm³/mol. The van der Waals surface area contributed by atoms with Crippen LogP contribution in [0.25, 0.3) is 0 Å². The van der Waals surface area contributed by atoms with Crippen LogP contribution < -0.4 is 0 Å². The van der Waals surface area contributed by atoms with Gasteiger partial charge in [0.05, 0.1) is 5.41 Å². The Morgan fingerprint density at radius 3 is 2.04 bits per heavy atom. The van der Waals surface area contributed by atoms with Crippen molar-refractivity contribution in [2.45, 2.75) is 70.1 Å². The van der Waals surface area contributed by atoms with Crippen molar-refractivity contribution in [3.05, 3.63) is 0 Å². The van der Waals surface area contributed by atoms with Crippen LogP contribution in [0.5, 0.6) is 0 Å². The minimum atomic E-state index is -6.10. The van der Waals surface area contributed by atoms with Gasteiger partial charge in [0.25, 0.3) is 0 Å². The summed E-state index contributed by atoms with van der Waals surface area (Å²) in [7, 11) is 0. The van der Waals surface area contributed by atoms with Gasteiger partial charge >= 0.3 is 29.8 Å². The van der Waals surface area contributed by atoms with Gasteiger partial charge in [0.1, 0.15) is 6.10 Å². The van der Waals surface area contributed by atoms with Gasteiger partial charge in [-0.25, -0.2) is 0 Å². The molecule has 0 radical (unpaired) electrons. The molecule has 11 heteroatoms. The van der Waals surface area contributed by atoms with Crippen LogP contribution in [-0.4, -0.2) is 47.1 Å². The first-order valence-corrected chi connectivity index (χ1v) is 6.88. The van der Waals surface area contributed by atoms with Gasteiger partial charge in [-0.3, -0.25) is 4.79 Å². The number of carbonyl (C=O) groups excluding carboxylic acids is 1.